The zero-order valence-corrected chi connectivity index (χ0v) is 23.7. The summed E-state index contributed by atoms with van der Waals surface area (Å²) in [5.41, 5.74) is 2.41. The normalized spacial score (nSPS) is 10.8. The fourth-order valence-electron chi connectivity index (χ4n) is 4.46. The minimum absolute atomic E-state index is 0.0654. The Kier molecular flexibility index (Phi) is 8.09. The lowest BCUT2D eigenvalue weighted by Gasteiger charge is -2.14. The lowest BCUT2D eigenvalue weighted by atomic mass is 10.1. The number of anilines is 1. The van der Waals surface area contributed by atoms with Gasteiger partial charge in [-0.1, -0.05) is 0 Å². The van der Waals surface area contributed by atoms with Crippen molar-refractivity contribution in [3.63, 3.8) is 0 Å². The number of halogens is 1. The number of rotatable bonds is 10. The van der Waals surface area contributed by atoms with Crippen molar-refractivity contribution in [2.75, 3.05) is 33.3 Å². The maximum Gasteiger partial charge on any atom is 0.280 e. The van der Waals surface area contributed by atoms with Gasteiger partial charge in [0.2, 0.25) is 0 Å². The van der Waals surface area contributed by atoms with E-state index in [-0.39, 0.29) is 17.3 Å². The number of benzene rings is 3. The first-order valence-electron chi connectivity index (χ1n) is 13.0. The number of carbonyl (C=O) groups is 1. The highest BCUT2D eigenvalue weighted by Crippen LogP contribution is 2.38. The van der Waals surface area contributed by atoms with Crippen molar-refractivity contribution in [1.82, 2.24) is 14.8 Å². The van der Waals surface area contributed by atoms with Crippen LogP contribution in [0.3, 0.4) is 0 Å². The monoisotopic (exact) mass is 572 g/mol. The quantitative estimate of drug-likeness (QED) is 0.207. The molecule has 0 fully saturated rings. The van der Waals surface area contributed by atoms with Crippen LogP contribution in [0.1, 0.15) is 23.0 Å². The molecule has 1 amide bonds. The lowest BCUT2D eigenvalue weighted by molar-refractivity contribution is 0.101. The number of pyridine rings is 1. The molecule has 0 spiro atoms. The number of aryl methyl sites for hydroxylation is 1. The number of nitrogens with zero attached hydrogens (tertiary/aromatic N) is 3. The highest BCUT2D eigenvalue weighted by atomic mass is 19.1. The van der Waals surface area contributed by atoms with Crippen LogP contribution in [-0.4, -0.2) is 48.6 Å². The number of hydrogen-bond acceptors (Lipinski definition) is 8. The number of carbonyl (C=O) groups excluding carboxylic acids is 1. The summed E-state index contributed by atoms with van der Waals surface area (Å²) in [5, 5.41) is 8.00. The van der Waals surface area contributed by atoms with Crippen molar-refractivity contribution in [3.8, 4) is 40.2 Å². The van der Waals surface area contributed by atoms with E-state index in [1.54, 1.807) is 76.0 Å². The van der Waals surface area contributed by atoms with Crippen LogP contribution in [0.5, 0.6) is 34.5 Å². The molecule has 0 aliphatic rings. The number of aromatic nitrogens is 3. The van der Waals surface area contributed by atoms with E-state index >= 15 is 0 Å². The minimum Gasteiger partial charge on any atom is -0.494 e. The number of fused-ring (bicyclic) bond motifs is 1. The summed E-state index contributed by atoms with van der Waals surface area (Å²) >= 11 is 0. The number of amides is 1. The maximum atomic E-state index is 13.6. The van der Waals surface area contributed by atoms with Crippen LogP contribution in [0.25, 0.3) is 16.6 Å². The lowest BCUT2D eigenvalue weighted by Crippen LogP contribution is -2.15. The fourth-order valence-corrected chi connectivity index (χ4v) is 4.46. The molecule has 5 rings (SSSR count). The zero-order chi connectivity index (χ0) is 29.8. The number of nitrogens with one attached hydrogen (secondary N) is 1. The van der Waals surface area contributed by atoms with Gasteiger partial charge >= 0.3 is 0 Å². The molecular weight excluding hydrogens is 543 g/mol. The molecule has 0 saturated heterocycles. The first kappa shape index (κ1) is 28.2. The summed E-state index contributed by atoms with van der Waals surface area (Å²) in [6.07, 6.45) is 3.23. The van der Waals surface area contributed by atoms with E-state index in [0.717, 1.165) is 5.39 Å². The van der Waals surface area contributed by atoms with Gasteiger partial charge in [0.1, 0.15) is 23.1 Å². The SMILES string of the molecule is CCOc1cn(-c2ccc(F)cc2C)nc1C(=O)Nc1ccc(Oc2ccnc3cc(OC)c(OC)cc23)cc1OC. The van der Waals surface area contributed by atoms with Gasteiger partial charge in [-0.15, -0.1) is 0 Å². The molecule has 0 bridgehead atoms. The predicted molar refractivity (Wildman–Crippen MR) is 155 cm³/mol. The Morgan fingerprint density at radius 2 is 1.67 bits per heavy atom. The Hall–Kier alpha value is -5.32. The molecular formula is C31H29FN4O6. The summed E-state index contributed by atoms with van der Waals surface area (Å²) in [6.45, 7) is 3.89. The topological polar surface area (TPSA) is 106 Å². The van der Waals surface area contributed by atoms with Gasteiger partial charge in [0.15, 0.2) is 22.9 Å². The molecule has 42 heavy (non-hydrogen) atoms. The average Bonchev–Trinajstić information content (AvgIpc) is 3.41. The fraction of sp³-hybridized carbons (Fsp3) is 0.194. The van der Waals surface area contributed by atoms with Gasteiger partial charge in [-0.2, -0.15) is 5.10 Å². The molecule has 0 radical (unpaired) electrons. The van der Waals surface area contributed by atoms with Gasteiger partial charge < -0.3 is 29.0 Å². The molecule has 0 unspecified atom stereocenters. The van der Waals surface area contributed by atoms with Crippen LogP contribution < -0.4 is 29.0 Å². The van der Waals surface area contributed by atoms with Crippen molar-refractivity contribution >= 4 is 22.5 Å². The highest BCUT2D eigenvalue weighted by molar-refractivity contribution is 6.05. The molecule has 0 atom stereocenters. The molecule has 0 aliphatic carbocycles. The third-order valence-corrected chi connectivity index (χ3v) is 6.46. The van der Waals surface area contributed by atoms with Crippen LogP contribution >= 0.6 is 0 Å². The van der Waals surface area contributed by atoms with E-state index < -0.39 is 5.91 Å². The zero-order valence-electron chi connectivity index (χ0n) is 23.7. The number of hydrogen-bond donors (Lipinski definition) is 1. The molecule has 0 aliphatic heterocycles. The van der Waals surface area contributed by atoms with Crippen molar-refractivity contribution in [1.29, 1.82) is 0 Å². The van der Waals surface area contributed by atoms with Crippen LogP contribution in [-0.2, 0) is 0 Å². The molecule has 2 aromatic heterocycles. The molecule has 3 aromatic carbocycles. The molecule has 11 heteroatoms. The number of methoxy groups -OCH3 is 3. The Labute approximate surface area is 241 Å². The van der Waals surface area contributed by atoms with Crippen molar-refractivity contribution in [2.45, 2.75) is 13.8 Å². The van der Waals surface area contributed by atoms with Gasteiger partial charge in [-0.3, -0.25) is 9.78 Å². The molecule has 2 heterocycles. The maximum absolute atomic E-state index is 13.6. The van der Waals surface area contributed by atoms with Crippen LogP contribution in [0, 0.1) is 12.7 Å². The van der Waals surface area contributed by atoms with Crippen molar-refractivity contribution in [2.24, 2.45) is 0 Å². The molecule has 5 aromatic rings. The minimum atomic E-state index is -0.509. The summed E-state index contributed by atoms with van der Waals surface area (Å²) in [6, 6.07) is 14.7. The number of ether oxygens (including phenoxy) is 5. The third kappa shape index (κ3) is 5.62. The van der Waals surface area contributed by atoms with Gasteiger partial charge in [0.05, 0.1) is 51.0 Å². The standard InChI is InChI=1S/C31H29FN4O6/c1-6-41-29-17-36(24-10-7-19(32)13-18(24)2)35-30(29)31(37)34-22-9-8-20(14-26(22)38-3)42-25-11-12-33-23-16-28(40-5)27(39-4)15-21(23)25/h7-17H,6H2,1-5H3,(H,34,37). The second kappa shape index (κ2) is 12.0. The molecule has 10 nitrogen and oxygen atoms in total. The summed E-state index contributed by atoms with van der Waals surface area (Å²) < 4.78 is 43.4. The Balaban J connectivity index is 1.42. The second-order valence-corrected chi connectivity index (χ2v) is 9.10. The van der Waals surface area contributed by atoms with Crippen LogP contribution in [0.4, 0.5) is 10.1 Å². The van der Waals surface area contributed by atoms with E-state index in [1.807, 2.05) is 6.92 Å². The van der Waals surface area contributed by atoms with Crippen molar-refractivity contribution in [3.05, 3.63) is 84.1 Å². The summed E-state index contributed by atoms with van der Waals surface area (Å²) in [4.78, 5) is 17.8. The van der Waals surface area contributed by atoms with Gasteiger partial charge in [0.25, 0.3) is 5.91 Å². The second-order valence-electron chi connectivity index (χ2n) is 9.10. The van der Waals surface area contributed by atoms with E-state index in [4.69, 9.17) is 23.7 Å². The van der Waals surface area contributed by atoms with E-state index in [0.29, 0.717) is 57.8 Å². The Morgan fingerprint density at radius 1 is 0.905 bits per heavy atom. The molecule has 216 valence electrons. The van der Waals surface area contributed by atoms with Crippen molar-refractivity contribution < 1.29 is 32.9 Å². The smallest absolute Gasteiger partial charge is 0.280 e. The average molecular weight is 573 g/mol. The van der Waals surface area contributed by atoms with E-state index in [9.17, 15) is 9.18 Å². The highest BCUT2D eigenvalue weighted by Gasteiger charge is 2.21. The Morgan fingerprint density at radius 3 is 2.38 bits per heavy atom. The van der Waals surface area contributed by atoms with Crippen LogP contribution in [0.15, 0.2) is 67.0 Å². The summed E-state index contributed by atoms with van der Waals surface area (Å²) in [7, 11) is 4.61. The third-order valence-electron chi connectivity index (χ3n) is 6.46. The Bertz CT molecular complexity index is 1770. The van der Waals surface area contributed by atoms with E-state index in [1.165, 1.54) is 23.9 Å². The van der Waals surface area contributed by atoms with Gasteiger partial charge in [-0.05, 0) is 61.9 Å². The molecule has 1 N–H and O–H groups in total. The molecule has 0 saturated carbocycles. The first-order chi connectivity index (χ1) is 20.3. The van der Waals surface area contributed by atoms with E-state index in [2.05, 4.69) is 15.4 Å². The van der Waals surface area contributed by atoms with Gasteiger partial charge in [0, 0.05) is 23.7 Å². The largest absolute Gasteiger partial charge is 0.494 e. The first-order valence-corrected chi connectivity index (χ1v) is 13.0. The summed E-state index contributed by atoms with van der Waals surface area (Å²) in [5.74, 6) is 1.90. The van der Waals surface area contributed by atoms with Crippen LogP contribution in [0.2, 0.25) is 0 Å². The van der Waals surface area contributed by atoms with Gasteiger partial charge in [-0.25, -0.2) is 9.07 Å². The predicted octanol–water partition coefficient (Wildman–Crippen LogP) is 6.34.